The van der Waals surface area contributed by atoms with Gasteiger partial charge in [0, 0.05) is 0 Å². The van der Waals surface area contributed by atoms with Gasteiger partial charge in [0.2, 0.25) is 10.0 Å². The monoisotopic (exact) mass is 365 g/mol. The van der Waals surface area contributed by atoms with E-state index in [0.717, 1.165) is 11.3 Å². The molecule has 0 aliphatic carbocycles. The summed E-state index contributed by atoms with van der Waals surface area (Å²) in [7, 11) is -4.18. The van der Waals surface area contributed by atoms with Crippen molar-refractivity contribution in [1.82, 2.24) is 4.72 Å². The Labute approximate surface area is 130 Å². The number of aliphatic hydroxyl groups excluding tert-OH is 1. The first-order valence-electron chi connectivity index (χ1n) is 6.01. The Kier molecular flexibility index (Phi) is 6.08. The molecule has 0 fully saturated rings. The maximum Gasteiger partial charge on any atom is 0.415 e. The van der Waals surface area contributed by atoms with Gasteiger partial charge < -0.3 is 5.11 Å². The first-order valence-corrected chi connectivity index (χ1v) is 8.69. The summed E-state index contributed by atoms with van der Waals surface area (Å²) < 4.78 is 64.1. The lowest BCUT2D eigenvalue weighted by molar-refractivity contribution is -0.214. The van der Waals surface area contributed by atoms with Crippen molar-refractivity contribution in [2.24, 2.45) is 5.92 Å². The molecule has 0 spiro atoms. The summed E-state index contributed by atoms with van der Waals surface area (Å²) in [5, 5.41) is 9.39. The average Bonchev–Trinajstić information content (AvgIpc) is 2.80. The molecular weight excluding hydrogens is 351 g/mol. The summed E-state index contributed by atoms with van der Waals surface area (Å²) in [6.45, 7) is 3.04. The van der Waals surface area contributed by atoms with E-state index in [1.54, 1.807) is 6.92 Å². The van der Waals surface area contributed by atoms with Gasteiger partial charge in [0.15, 0.2) is 6.10 Å². The third-order valence-corrected chi connectivity index (χ3v) is 6.22. The van der Waals surface area contributed by atoms with Crippen LogP contribution in [0.15, 0.2) is 16.3 Å². The Morgan fingerprint density at radius 2 is 2.00 bits per heavy atom. The molecule has 0 saturated heterocycles. The lowest BCUT2D eigenvalue weighted by Gasteiger charge is -2.29. The molecule has 1 rings (SSSR count). The summed E-state index contributed by atoms with van der Waals surface area (Å²) >= 11 is 6.35. The van der Waals surface area contributed by atoms with Crippen LogP contribution >= 0.6 is 22.9 Å². The van der Waals surface area contributed by atoms with E-state index in [1.807, 2.05) is 4.72 Å². The van der Waals surface area contributed by atoms with Crippen molar-refractivity contribution in [2.45, 2.75) is 42.8 Å². The molecule has 4 nitrogen and oxygen atoms in total. The number of hydrogen-bond donors (Lipinski definition) is 2. The van der Waals surface area contributed by atoms with Gasteiger partial charge in [0.25, 0.3) is 0 Å². The van der Waals surface area contributed by atoms with Gasteiger partial charge in [-0.25, -0.2) is 13.1 Å². The molecule has 1 aromatic rings. The van der Waals surface area contributed by atoms with Crippen molar-refractivity contribution in [3.05, 3.63) is 16.5 Å². The molecule has 21 heavy (non-hydrogen) atoms. The number of rotatable bonds is 6. The van der Waals surface area contributed by atoms with Crippen LogP contribution in [0, 0.1) is 5.92 Å². The molecule has 0 amide bonds. The van der Waals surface area contributed by atoms with E-state index in [9.17, 15) is 26.7 Å². The predicted octanol–water partition coefficient (Wildman–Crippen LogP) is 3.02. The highest BCUT2D eigenvalue weighted by Crippen LogP contribution is 2.30. The number of aliphatic hydroxyl groups is 1. The van der Waals surface area contributed by atoms with Crippen molar-refractivity contribution in [3.8, 4) is 0 Å². The SMILES string of the molecule is CCC(C)C(NS(=O)(=O)c1ccc(Cl)s1)C(O)C(F)(F)F. The van der Waals surface area contributed by atoms with Crippen LogP contribution in [0.4, 0.5) is 13.2 Å². The normalized spacial score (nSPS) is 17.5. The number of halogens is 4. The van der Waals surface area contributed by atoms with Crippen molar-refractivity contribution >= 4 is 33.0 Å². The third-order valence-electron chi connectivity index (χ3n) is 3.04. The first-order chi connectivity index (χ1) is 9.49. The van der Waals surface area contributed by atoms with E-state index in [4.69, 9.17) is 11.6 Å². The molecule has 2 N–H and O–H groups in total. The topological polar surface area (TPSA) is 66.4 Å². The smallest absolute Gasteiger partial charge is 0.382 e. The summed E-state index contributed by atoms with van der Waals surface area (Å²) in [6.07, 6.45) is -7.42. The van der Waals surface area contributed by atoms with Crippen LogP contribution in [0.25, 0.3) is 0 Å². The van der Waals surface area contributed by atoms with Crippen LogP contribution in [0.2, 0.25) is 4.34 Å². The highest BCUT2D eigenvalue weighted by atomic mass is 35.5. The van der Waals surface area contributed by atoms with Gasteiger partial charge in [0.1, 0.15) is 4.21 Å². The molecule has 1 heterocycles. The molecule has 0 aromatic carbocycles. The number of hydrogen-bond acceptors (Lipinski definition) is 4. The molecular formula is C11H15ClF3NO3S2. The molecule has 10 heteroatoms. The van der Waals surface area contributed by atoms with Gasteiger partial charge in [-0.2, -0.15) is 13.2 Å². The zero-order valence-electron chi connectivity index (χ0n) is 11.2. The van der Waals surface area contributed by atoms with Gasteiger partial charge in [-0.05, 0) is 18.1 Å². The fourth-order valence-electron chi connectivity index (χ4n) is 1.63. The molecule has 1 aromatic heterocycles. The minimum atomic E-state index is -4.91. The number of nitrogens with one attached hydrogen (secondary N) is 1. The largest absolute Gasteiger partial charge is 0.415 e. The van der Waals surface area contributed by atoms with E-state index in [-0.39, 0.29) is 15.0 Å². The van der Waals surface area contributed by atoms with Crippen molar-refractivity contribution < 1.29 is 26.7 Å². The summed E-state index contributed by atoms with van der Waals surface area (Å²) in [6, 6.07) is 0.864. The van der Waals surface area contributed by atoms with Crippen molar-refractivity contribution in [2.75, 3.05) is 0 Å². The molecule has 0 aliphatic rings. The fourth-order valence-corrected chi connectivity index (χ4v) is 4.48. The molecule has 0 saturated carbocycles. The Bertz CT molecular complexity index is 574. The Morgan fingerprint density at radius 1 is 1.43 bits per heavy atom. The van der Waals surface area contributed by atoms with Crippen molar-refractivity contribution in [1.29, 1.82) is 0 Å². The van der Waals surface area contributed by atoms with Crippen molar-refractivity contribution in [3.63, 3.8) is 0 Å². The van der Waals surface area contributed by atoms with Crippen LogP contribution in [0.3, 0.4) is 0 Å². The third kappa shape index (κ3) is 4.82. The van der Waals surface area contributed by atoms with E-state index >= 15 is 0 Å². The lowest BCUT2D eigenvalue weighted by Crippen LogP contribution is -2.52. The Morgan fingerprint density at radius 3 is 2.38 bits per heavy atom. The van der Waals surface area contributed by atoms with Crippen LogP contribution < -0.4 is 4.72 Å². The molecule has 3 unspecified atom stereocenters. The predicted molar refractivity (Wildman–Crippen MR) is 75.0 cm³/mol. The zero-order valence-corrected chi connectivity index (χ0v) is 13.6. The summed E-state index contributed by atoms with van der Waals surface area (Å²) in [5.74, 6) is -0.702. The van der Waals surface area contributed by atoms with E-state index in [1.165, 1.54) is 19.1 Å². The van der Waals surface area contributed by atoms with E-state index in [0.29, 0.717) is 0 Å². The molecule has 0 aliphatic heterocycles. The highest BCUT2D eigenvalue weighted by molar-refractivity contribution is 7.91. The zero-order chi connectivity index (χ0) is 16.4. The first kappa shape index (κ1) is 18.7. The second kappa shape index (κ2) is 6.82. The van der Waals surface area contributed by atoms with Gasteiger partial charge in [-0.3, -0.25) is 0 Å². The summed E-state index contributed by atoms with van der Waals surface area (Å²) in [4.78, 5) is 0. The molecule has 3 atom stereocenters. The Hall–Kier alpha value is -0.350. The average molecular weight is 366 g/mol. The van der Waals surface area contributed by atoms with Gasteiger partial charge >= 0.3 is 6.18 Å². The number of alkyl halides is 3. The number of thiophene rings is 1. The lowest BCUT2D eigenvalue weighted by atomic mass is 9.95. The molecule has 122 valence electrons. The maximum absolute atomic E-state index is 12.7. The van der Waals surface area contributed by atoms with E-state index in [2.05, 4.69) is 0 Å². The molecule has 0 bridgehead atoms. The van der Waals surface area contributed by atoms with Crippen LogP contribution in [0.1, 0.15) is 20.3 Å². The summed E-state index contributed by atoms with van der Waals surface area (Å²) in [5.41, 5.74) is 0. The maximum atomic E-state index is 12.7. The number of sulfonamides is 1. The quantitative estimate of drug-likeness (QED) is 0.814. The fraction of sp³-hybridized carbons (Fsp3) is 0.636. The van der Waals surface area contributed by atoms with Gasteiger partial charge in [-0.1, -0.05) is 31.9 Å². The van der Waals surface area contributed by atoms with E-state index < -0.39 is 34.3 Å². The second-order valence-corrected chi connectivity index (χ2v) is 8.23. The Balaban J connectivity index is 3.07. The highest BCUT2D eigenvalue weighted by Gasteiger charge is 2.46. The van der Waals surface area contributed by atoms with Gasteiger partial charge in [-0.15, -0.1) is 11.3 Å². The van der Waals surface area contributed by atoms with Crippen LogP contribution in [-0.2, 0) is 10.0 Å². The van der Waals surface area contributed by atoms with Crippen LogP contribution in [-0.4, -0.2) is 31.8 Å². The minimum Gasteiger partial charge on any atom is -0.382 e. The standard InChI is InChI=1S/C11H15ClF3NO3S2/c1-3-6(2)9(10(17)11(13,14)15)16-21(18,19)8-5-4-7(12)20-8/h4-6,9-10,16-17H,3H2,1-2H3. The second-order valence-electron chi connectivity index (χ2n) is 4.58. The molecule has 0 radical (unpaired) electrons. The minimum absolute atomic E-state index is 0.199. The van der Waals surface area contributed by atoms with Crippen LogP contribution in [0.5, 0.6) is 0 Å². The van der Waals surface area contributed by atoms with Gasteiger partial charge in [0.05, 0.1) is 10.4 Å².